The highest BCUT2D eigenvalue weighted by atomic mass is 16.5. The molecule has 2 heterocycles. The highest BCUT2D eigenvalue weighted by Crippen LogP contribution is 2.14. The minimum absolute atomic E-state index is 0.000124. The Balaban J connectivity index is 1.51. The lowest BCUT2D eigenvalue weighted by atomic mass is 10.0. The van der Waals surface area contributed by atoms with Crippen LogP contribution in [0.4, 0.5) is 0 Å². The largest absolute Gasteiger partial charge is 0.363 e. The van der Waals surface area contributed by atoms with E-state index in [0.717, 1.165) is 26.2 Å². The zero-order valence-electron chi connectivity index (χ0n) is 11.3. The summed E-state index contributed by atoms with van der Waals surface area (Å²) in [6.45, 7) is 7.94. The zero-order chi connectivity index (χ0) is 12.8. The molecule has 2 aliphatic rings. The molecule has 2 N–H and O–H groups in total. The molecule has 0 aliphatic carbocycles. The summed E-state index contributed by atoms with van der Waals surface area (Å²) in [5.74, 6) is 0.000124. The van der Waals surface area contributed by atoms with E-state index in [1.807, 2.05) is 6.92 Å². The maximum absolute atomic E-state index is 11.6. The summed E-state index contributed by atoms with van der Waals surface area (Å²) >= 11 is 0. The van der Waals surface area contributed by atoms with E-state index in [0.29, 0.717) is 0 Å². The van der Waals surface area contributed by atoms with Crippen LogP contribution >= 0.6 is 0 Å². The first-order chi connectivity index (χ1) is 8.68. The van der Waals surface area contributed by atoms with Gasteiger partial charge in [-0.3, -0.25) is 4.79 Å². The number of hydrogen-bond acceptors (Lipinski definition) is 4. The van der Waals surface area contributed by atoms with Gasteiger partial charge in [0.25, 0.3) is 0 Å². The summed E-state index contributed by atoms with van der Waals surface area (Å²) in [6.07, 6.45) is 3.94. The van der Waals surface area contributed by atoms with Crippen LogP contribution in [-0.2, 0) is 9.53 Å². The van der Waals surface area contributed by atoms with Crippen molar-refractivity contribution in [1.82, 2.24) is 15.5 Å². The van der Waals surface area contributed by atoms with Crippen molar-refractivity contribution in [3.8, 4) is 0 Å². The van der Waals surface area contributed by atoms with Crippen molar-refractivity contribution in [1.29, 1.82) is 0 Å². The van der Waals surface area contributed by atoms with Crippen molar-refractivity contribution < 1.29 is 9.53 Å². The second-order valence-electron chi connectivity index (χ2n) is 5.59. The van der Waals surface area contributed by atoms with Crippen LogP contribution in [0.3, 0.4) is 0 Å². The minimum atomic E-state index is -0.135. The number of carbonyl (C=O) groups excluding carboxylic acids is 1. The maximum Gasteiger partial charge on any atom is 0.246 e. The molecule has 0 aromatic heterocycles. The van der Waals surface area contributed by atoms with Crippen LogP contribution in [-0.4, -0.2) is 62.3 Å². The van der Waals surface area contributed by atoms with Gasteiger partial charge in [-0.15, -0.1) is 0 Å². The Morgan fingerprint density at radius 1 is 1.33 bits per heavy atom. The highest BCUT2D eigenvalue weighted by Gasteiger charge is 2.32. The predicted octanol–water partition coefficient (Wildman–Crippen LogP) is -0.0330. The van der Waals surface area contributed by atoms with Crippen LogP contribution in [0.1, 0.15) is 26.2 Å². The van der Waals surface area contributed by atoms with Crippen LogP contribution in [0.25, 0.3) is 0 Å². The Kier molecular flexibility index (Phi) is 4.97. The second-order valence-corrected chi connectivity index (χ2v) is 5.59. The van der Waals surface area contributed by atoms with Crippen molar-refractivity contribution in [3.05, 3.63) is 0 Å². The molecule has 0 saturated carbocycles. The number of likely N-dealkylation sites (tertiary alicyclic amines) is 1. The third-order valence-electron chi connectivity index (χ3n) is 3.75. The summed E-state index contributed by atoms with van der Waals surface area (Å²) in [5, 5.41) is 6.07. The molecular weight excluding hydrogens is 230 g/mol. The van der Waals surface area contributed by atoms with Gasteiger partial charge in [-0.1, -0.05) is 6.42 Å². The van der Waals surface area contributed by atoms with Crippen LogP contribution in [0, 0.1) is 0 Å². The van der Waals surface area contributed by atoms with E-state index in [9.17, 15) is 4.79 Å². The Labute approximate surface area is 109 Å². The molecule has 0 bridgehead atoms. The number of nitrogens with one attached hydrogen (secondary N) is 2. The molecule has 5 nitrogen and oxygen atoms in total. The van der Waals surface area contributed by atoms with E-state index < -0.39 is 0 Å². The van der Waals surface area contributed by atoms with Gasteiger partial charge >= 0.3 is 0 Å². The minimum Gasteiger partial charge on any atom is -0.363 e. The normalized spacial score (nSPS) is 23.4. The smallest absolute Gasteiger partial charge is 0.246 e. The first kappa shape index (κ1) is 13.8. The Morgan fingerprint density at radius 2 is 2.06 bits per heavy atom. The molecule has 5 heteroatoms. The van der Waals surface area contributed by atoms with Crippen molar-refractivity contribution in [3.63, 3.8) is 0 Å². The van der Waals surface area contributed by atoms with Gasteiger partial charge in [0.05, 0.1) is 5.60 Å². The van der Waals surface area contributed by atoms with Crippen LogP contribution in [0.5, 0.6) is 0 Å². The fraction of sp³-hybridized carbons (Fsp3) is 0.923. The molecule has 0 spiro atoms. The molecule has 2 rings (SSSR count). The molecule has 0 radical (unpaired) electrons. The average Bonchev–Trinajstić information content (AvgIpc) is 2.35. The standard InChI is InChI=1S/C13H25N3O2/c1-13(10-14-11-13)18-9-12(17)15-5-8-16-6-3-2-4-7-16/h14H,2-11H2,1H3,(H,15,17). The number of hydrogen-bond donors (Lipinski definition) is 2. The van der Waals surface area contributed by atoms with Crippen molar-refractivity contribution in [2.75, 3.05) is 45.9 Å². The fourth-order valence-corrected chi connectivity index (χ4v) is 2.41. The third kappa shape index (κ3) is 4.23. The number of carbonyl (C=O) groups is 1. The summed E-state index contributed by atoms with van der Waals surface area (Å²) in [6, 6.07) is 0. The number of nitrogens with zero attached hydrogens (tertiary/aromatic N) is 1. The van der Waals surface area contributed by atoms with E-state index in [-0.39, 0.29) is 18.1 Å². The monoisotopic (exact) mass is 255 g/mol. The summed E-state index contributed by atoms with van der Waals surface area (Å²) in [7, 11) is 0. The molecule has 0 atom stereocenters. The van der Waals surface area contributed by atoms with Crippen molar-refractivity contribution >= 4 is 5.91 Å². The van der Waals surface area contributed by atoms with Crippen molar-refractivity contribution in [2.45, 2.75) is 31.8 Å². The van der Waals surface area contributed by atoms with E-state index in [1.54, 1.807) is 0 Å². The fourth-order valence-electron chi connectivity index (χ4n) is 2.41. The van der Waals surface area contributed by atoms with Crippen LogP contribution in [0.15, 0.2) is 0 Å². The molecular formula is C13H25N3O2. The summed E-state index contributed by atoms with van der Waals surface area (Å²) < 4.78 is 5.58. The van der Waals surface area contributed by atoms with Crippen LogP contribution < -0.4 is 10.6 Å². The lowest BCUT2D eigenvalue weighted by molar-refractivity contribution is -0.135. The third-order valence-corrected chi connectivity index (χ3v) is 3.75. The Morgan fingerprint density at radius 3 is 2.67 bits per heavy atom. The predicted molar refractivity (Wildman–Crippen MR) is 70.5 cm³/mol. The van der Waals surface area contributed by atoms with Gasteiger partial charge in [0, 0.05) is 26.2 Å². The van der Waals surface area contributed by atoms with Crippen LogP contribution in [0.2, 0.25) is 0 Å². The number of piperidine rings is 1. The van der Waals surface area contributed by atoms with Gasteiger partial charge < -0.3 is 20.3 Å². The second kappa shape index (κ2) is 6.50. The summed E-state index contributed by atoms with van der Waals surface area (Å²) in [4.78, 5) is 14.0. The molecule has 0 aromatic carbocycles. The number of rotatable bonds is 6. The van der Waals surface area contributed by atoms with E-state index >= 15 is 0 Å². The zero-order valence-corrected chi connectivity index (χ0v) is 11.3. The molecule has 2 aliphatic heterocycles. The first-order valence-corrected chi connectivity index (χ1v) is 7.02. The average molecular weight is 255 g/mol. The molecule has 0 aromatic rings. The summed E-state index contributed by atoms with van der Waals surface area (Å²) in [5.41, 5.74) is -0.135. The quantitative estimate of drug-likeness (QED) is 0.700. The maximum atomic E-state index is 11.6. The van der Waals surface area contributed by atoms with Gasteiger partial charge in [0.1, 0.15) is 6.61 Å². The number of amides is 1. The molecule has 2 fully saturated rings. The van der Waals surface area contributed by atoms with Gasteiger partial charge in [0.2, 0.25) is 5.91 Å². The molecule has 104 valence electrons. The topological polar surface area (TPSA) is 53.6 Å². The lowest BCUT2D eigenvalue weighted by Gasteiger charge is -2.38. The van der Waals surface area contributed by atoms with Gasteiger partial charge in [-0.2, -0.15) is 0 Å². The van der Waals surface area contributed by atoms with Crippen molar-refractivity contribution in [2.24, 2.45) is 0 Å². The van der Waals surface area contributed by atoms with E-state index in [2.05, 4.69) is 15.5 Å². The van der Waals surface area contributed by atoms with Gasteiger partial charge in [-0.25, -0.2) is 0 Å². The SMILES string of the molecule is CC1(OCC(=O)NCCN2CCCCC2)CNC1. The molecule has 2 saturated heterocycles. The van der Waals surface area contributed by atoms with E-state index in [1.165, 1.54) is 32.4 Å². The Bertz CT molecular complexity index is 273. The molecule has 1 amide bonds. The number of ether oxygens (including phenoxy) is 1. The van der Waals surface area contributed by atoms with Gasteiger partial charge in [0.15, 0.2) is 0 Å². The molecule has 18 heavy (non-hydrogen) atoms. The highest BCUT2D eigenvalue weighted by molar-refractivity contribution is 5.77. The Hall–Kier alpha value is -0.650. The van der Waals surface area contributed by atoms with E-state index in [4.69, 9.17) is 4.74 Å². The molecule has 0 unspecified atom stereocenters. The first-order valence-electron chi connectivity index (χ1n) is 7.02. The van der Waals surface area contributed by atoms with Gasteiger partial charge in [-0.05, 0) is 32.9 Å². The lowest BCUT2D eigenvalue weighted by Crippen LogP contribution is -2.59.